The molecular formula is C46H50N4O3P2S. The average Bonchev–Trinajstić information content (AvgIpc) is 3.80. The SMILES string of the molecule is CC(CNC(=O)c1ccc(NC(=O)CCCC[C@@H]2SC[C@@H]3NC(=O)N[C@@H]32)cc1)(CP(c1ccccc1)c1ccccc1)CP(c1ccccc1)c1ccccc1. The van der Waals surface area contributed by atoms with Gasteiger partial charge in [-0.1, -0.05) is 135 Å². The van der Waals surface area contributed by atoms with Gasteiger partial charge >= 0.3 is 6.03 Å². The summed E-state index contributed by atoms with van der Waals surface area (Å²) >= 11 is 1.90. The standard InChI is InChI=1S/C46H50N4O3P2S/c1-46(32-54(36-16-6-2-7-17-36)37-18-8-3-9-19-37,33-55(38-20-10-4-11-21-38)39-22-12-5-13-23-39)31-47-44(52)34-26-28-35(29-27-34)48-42(51)25-15-14-24-41-43-40(30-56-41)49-45(53)50-43/h2-13,16-23,26-29,40-41,43H,14-15,24-25,30-33H2,1H3,(H,47,52)(H,48,51)(H2,49,50,53)/t40-,41-,43-/m0/s1. The number of rotatable bonds is 17. The van der Waals surface area contributed by atoms with Gasteiger partial charge < -0.3 is 21.3 Å². The van der Waals surface area contributed by atoms with Gasteiger partial charge in [0.05, 0.1) is 12.1 Å². The van der Waals surface area contributed by atoms with Crippen molar-refractivity contribution in [1.29, 1.82) is 0 Å². The van der Waals surface area contributed by atoms with Crippen LogP contribution in [0.4, 0.5) is 10.5 Å². The third-order valence-electron chi connectivity index (χ3n) is 10.5. The number of thioether (sulfide) groups is 1. The number of unbranched alkanes of at least 4 members (excludes halogenated alkanes) is 1. The first-order valence-corrected chi connectivity index (χ1v) is 23.6. The highest BCUT2D eigenvalue weighted by Crippen LogP contribution is 2.47. The number of carbonyl (C=O) groups excluding carboxylic acids is 3. The second-order valence-corrected chi connectivity index (χ2v) is 20.7. The first-order valence-electron chi connectivity index (χ1n) is 19.5. The highest BCUT2D eigenvalue weighted by atomic mass is 32.2. The summed E-state index contributed by atoms with van der Waals surface area (Å²) in [5.41, 5.74) is 0.990. The molecule has 0 saturated carbocycles. The number of urea groups is 1. The molecule has 5 aromatic rings. The lowest BCUT2D eigenvalue weighted by atomic mass is 9.96. The van der Waals surface area contributed by atoms with Crippen LogP contribution in [0, 0.1) is 5.41 Å². The Labute approximate surface area is 337 Å². The van der Waals surface area contributed by atoms with Crippen LogP contribution < -0.4 is 42.5 Å². The van der Waals surface area contributed by atoms with Crippen molar-refractivity contribution in [2.75, 3.05) is 29.9 Å². The van der Waals surface area contributed by atoms with Crippen LogP contribution in [0.25, 0.3) is 0 Å². The van der Waals surface area contributed by atoms with Crippen molar-refractivity contribution in [3.63, 3.8) is 0 Å². The Morgan fingerprint density at radius 1 is 0.696 bits per heavy atom. The molecule has 288 valence electrons. The fourth-order valence-corrected chi connectivity index (χ4v) is 14.8. The summed E-state index contributed by atoms with van der Waals surface area (Å²) in [6.07, 6.45) is 4.95. The maximum Gasteiger partial charge on any atom is 0.315 e. The molecule has 4 amide bonds. The normalized spacial score (nSPS) is 17.6. The van der Waals surface area contributed by atoms with Gasteiger partial charge in [0.25, 0.3) is 5.91 Å². The number of anilines is 1. The summed E-state index contributed by atoms with van der Waals surface area (Å²) < 4.78 is 0. The van der Waals surface area contributed by atoms with E-state index in [0.29, 0.717) is 29.5 Å². The molecule has 2 fully saturated rings. The van der Waals surface area contributed by atoms with E-state index in [4.69, 9.17) is 0 Å². The number of hydrogen-bond acceptors (Lipinski definition) is 4. The highest BCUT2D eigenvalue weighted by molar-refractivity contribution is 8.00. The Morgan fingerprint density at radius 2 is 1.20 bits per heavy atom. The molecule has 0 radical (unpaired) electrons. The van der Waals surface area contributed by atoms with Crippen LogP contribution in [0.1, 0.15) is 43.0 Å². The Hall–Kier alpha value is -4.48. The summed E-state index contributed by atoms with van der Waals surface area (Å²) in [6.45, 7) is 2.87. The Kier molecular flexibility index (Phi) is 13.6. The molecular weight excluding hydrogens is 751 g/mol. The van der Waals surface area contributed by atoms with E-state index in [1.165, 1.54) is 21.2 Å². The fraction of sp³-hybridized carbons (Fsp3) is 0.283. The van der Waals surface area contributed by atoms with Crippen LogP contribution in [-0.4, -0.2) is 59.8 Å². The average molecular weight is 801 g/mol. The molecule has 2 saturated heterocycles. The van der Waals surface area contributed by atoms with Crippen molar-refractivity contribution in [3.05, 3.63) is 151 Å². The molecule has 0 bridgehead atoms. The van der Waals surface area contributed by atoms with Crippen molar-refractivity contribution in [2.45, 2.75) is 49.9 Å². The maximum absolute atomic E-state index is 13.8. The van der Waals surface area contributed by atoms with Crippen molar-refractivity contribution >= 4 is 72.4 Å². The van der Waals surface area contributed by atoms with Crippen molar-refractivity contribution < 1.29 is 14.4 Å². The van der Waals surface area contributed by atoms with E-state index in [1.807, 2.05) is 23.9 Å². The minimum absolute atomic E-state index is 0.0348. The number of benzene rings is 5. The molecule has 0 unspecified atom stereocenters. The number of carbonyl (C=O) groups is 3. The minimum Gasteiger partial charge on any atom is -0.351 e. The van der Waals surface area contributed by atoms with E-state index in [2.05, 4.69) is 150 Å². The third-order valence-corrected chi connectivity index (χ3v) is 17.9. The summed E-state index contributed by atoms with van der Waals surface area (Å²) in [5.74, 6) is 0.782. The Bertz CT molecular complexity index is 1880. The monoisotopic (exact) mass is 800 g/mol. The van der Waals surface area contributed by atoms with E-state index >= 15 is 0 Å². The van der Waals surface area contributed by atoms with E-state index in [-0.39, 0.29) is 35.3 Å². The first kappa shape index (κ1) is 39.7. The number of hydrogen-bond donors (Lipinski definition) is 4. The van der Waals surface area contributed by atoms with Gasteiger partial charge in [0.15, 0.2) is 0 Å². The smallest absolute Gasteiger partial charge is 0.315 e. The van der Waals surface area contributed by atoms with Gasteiger partial charge in [0.2, 0.25) is 5.91 Å². The largest absolute Gasteiger partial charge is 0.351 e. The van der Waals surface area contributed by atoms with Gasteiger partial charge in [-0.2, -0.15) is 11.8 Å². The molecule has 7 nitrogen and oxygen atoms in total. The molecule has 2 aliphatic rings. The highest BCUT2D eigenvalue weighted by Gasteiger charge is 2.42. The molecule has 0 aromatic heterocycles. The summed E-state index contributed by atoms with van der Waals surface area (Å²) in [4.78, 5) is 38.3. The quantitative estimate of drug-likeness (QED) is 0.0449. The second-order valence-electron chi connectivity index (χ2n) is 15.0. The fourth-order valence-electron chi connectivity index (χ4n) is 7.62. The lowest BCUT2D eigenvalue weighted by molar-refractivity contribution is -0.116. The number of fused-ring (bicyclic) bond motifs is 1. The van der Waals surface area contributed by atoms with Crippen LogP contribution in [-0.2, 0) is 4.79 Å². The molecule has 10 heteroatoms. The molecule has 56 heavy (non-hydrogen) atoms. The van der Waals surface area contributed by atoms with Crippen molar-refractivity contribution in [3.8, 4) is 0 Å². The van der Waals surface area contributed by atoms with E-state index in [0.717, 1.165) is 37.3 Å². The van der Waals surface area contributed by atoms with Crippen molar-refractivity contribution in [2.24, 2.45) is 5.41 Å². The minimum atomic E-state index is -0.718. The van der Waals surface area contributed by atoms with Crippen LogP contribution in [0.5, 0.6) is 0 Å². The van der Waals surface area contributed by atoms with Crippen LogP contribution >= 0.6 is 27.6 Å². The molecule has 0 aliphatic carbocycles. The summed E-state index contributed by atoms with van der Waals surface area (Å²) in [5, 5.41) is 18.1. The predicted octanol–water partition coefficient (Wildman–Crippen LogP) is 7.35. The Morgan fingerprint density at radius 3 is 1.70 bits per heavy atom. The van der Waals surface area contributed by atoms with Gasteiger partial charge in [0.1, 0.15) is 0 Å². The zero-order valence-electron chi connectivity index (χ0n) is 31.8. The predicted molar refractivity (Wildman–Crippen MR) is 237 cm³/mol. The van der Waals surface area contributed by atoms with Gasteiger partial charge in [0, 0.05) is 35.2 Å². The lowest BCUT2D eigenvalue weighted by Crippen LogP contribution is -2.42. The zero-order chi connectivity index (χ0) is 38.7. The summed E-state index contributed by atoms with van der Waals surface area (Å²) in [7, 11) is -1.44. The third kappa shape index (κ3) is 10.5. The van der Waals surface area contributed by atoms with Gasteiger partial charge in [-0.3, -0.25) is 9.59 Å². The molecule has 4 N–H and O–H groups in total. The Balaban J connectivity index is 1.02. The molecule has 0 spiro atoms. The van der Waals surface area contributed by atoms with Gasteiger partial charge in [-0.15, -0.1) is 0 Å². The lowest BCUT2D eigenvalue weighted by Gasteiger charge is -2.37. The molecule has 5 aromatic carbocycles. The topological polar surface area (TPSA) is 99.3 Å². The van der Waals surface area contributed by atoms with Crippen LogP contribution in [0.3, 0.4) is 0 Å². The van der Waals surface area contributed by atoms with Gasteiger partial charge in [-0.25, -0.2) is 4.79 Å². The number of amides is 4. The van der Waals surface area contributed by atoms with E-state index < -0.39 is 15.8 Å². The maximum atomic E-state index is 13.8. The molecule has 2 aliphatic heterocycles. The molecule has 3 atom stereocenters. The van der Waals surface area contributed by atoms with E-state index in [1.54, 1.807) is 12.1 Å². The van der Waals surface area contributed by atoms with Crippen molar-refractivity contribution in [1.82, 2.24) is 16.0 Å². The molecule has 7 rings (SSSR count). The van der Waals surface area contributed by atoms with E-state index in [9.17, 15) is 14.4 Å². The molecule has 2 heterocycles. The number of nitrogens with one attached hydrogen (secondary N) is 4. The summed E-state index contributed by atoms with van der Waals surface area (Å²) in [6, 6.07) is 50.8. The van der Waals surface area contributed by atoms with Gasteiger partial charge in [-0.05, 0) is 91.9 Å². The zero-order valence-corrected chi connectivity index (χ0v) is 34.4. The van der Waals surface area contributed by atoms with Crippen LogP contribution in [0.2, 0.25) is 0 Å². The van der Waals surface area contributed by atoms with Crippen LogP contribution in [0.15, 0.2) is 146 Å². The second kappa shape index (κ2) is 19.1. The first-order chi connectivity index (χ1) is 27.3.